The quantitative estimate of drug-likeness (QED) is 0.710. The van der Waals surface area contributed by atoms with E-state index >= 15 is 4.39 Å². The zero-order valence-corrected chi connectivity index (χ0v) is 13.8. The minimum Gasteiger partial charge on any atom is -0.480 e. The molecule has 1 aliphatic rings. The smallest absolute Gasteiger partial charge is 0.155 e. The molecule has 0 saturated carbocycles. The van der Waals surface area contributed by atoms with Crippen molar-refractivity contribution in [3.05, 3.63) is 64.2 Å². The monoisotopic (exact) mass is 351 g/mol. The van der Waals surface area contributed by atoms with E-state index in [4.69, 9.17) is 16.3 Å². The molecule has 24 heavy (non-hydrogen) atoms. The summed E-state index contributed by atoms with van der Waals surface area (Å²) in [5.41, 5.74) is 1.01. The summed E-state index contributed by atoms with van der Waals surface area (Å²) in [6, 6.07) is 9.16. The Morgan fingerprint density at radius 1 is 1.08 bits per heavy atom. The lowest BCUT2D eigenvalue weighted by molar-refractivity contribution is 0.117. The van der Waals surface area contributed by atoms with Gasteiger partial charge in [0.25, 0.3) is 0 Å². The highest BCUT2D eigenvalue weighted by molar-refractivity contribution is 6.33. The molecule has 2 aromatic carbocycles. The molecule has 0 saturated heterocycles. The molecular formula is C19H20ClF2NO. The third kappa shape index (κ3) is 2.98. The first-order valence-electron chi connectivity index (χ1n) is 7.20. The molecule has 1 heterocycles. The van der Waals surface area contributed by atoms with Crippen molar-refractivity contribution in [2.75, 3.05) is 12.4 Å². The maximum Gasteiger partial charge on any atom is 0.155 e. The van der Waals surface area contributed by atoms with Gasteiger partial charge in [-0.25, -0.2) is 8.78 Å². The molecule has 128 valence electrons. The molecule has 0 aliphatic carbocycles. The van der Waals surface area contributed by atoms with E-state index in [-0.39, 0.29) is 13.2 Å². The maximum absolute atomic E-state index is 15.0. The first-order chi connectivity index (χ1) is 10.8. The SMILES string of the molecule is C.CNc1cc(Cl)c2c(c1)OC(C)(C)C(F)=C2c1ccc(F)cc1. The van der Waals surface area contributed by atoms with Gasteiger partial charge in [-0.3, -0.25) is 0 Å². The van der Waals surface area contributed by atoms with E-state index in [9.17, 15) is 4.39 Å². The molecule has 5 heteroatoms. The van der Waals surface area contributed by atoms with Crippen molar-refractivity contribution in [2.24, 2.45) is 0 Å². The molecule has 0 atom stereocenters. The number of anilines is 1. The largest absolute Gasteiger partial charge is 0.480 e. The first kappa shape index (κ1) is 18.3. The summed E-state index contributed by atoms with van der Waals surface area (Å²) in [5, 5.41) is 3.37. The highest BCUT2D eigenvalue weighted by Gasteiger charge is 2.37. The number of rotatable bonds is 2. The highest BCUT2D eigenvalue weighted by atomic mass is 35.5. The molecule has 0 bridgehead atoms. The Labute approximate surface area is 146 Å². The molecule has 2 aromatic rings. The molecule has 3 rings (SSSR count). The molecule has 1 N–H and O–H groups in total. The van der Waals surface area contributed by atoms with Crippen LogP contribution in [0.1, 0.15) is 32.4 Å². The van der Waals surface area contributed by atoms with Crippen molar-refractivity contribution in [1.29, 1.82) is 0 Å². The van der Waals surface area contributed by atoms with Crippen LogP contribution in [0.2, 0.25) is 5.02 Å². The minimum atomic E-state index is -1.13. The normalized spacial score (nSPS) is 15.2. The summed E-state index contributed by atoms with van der Waals surface area (Å²) in [7, 11) is 1.77. The van der Waals surface area contributed by atoms with Crippen LogP contribution in [0.5, 0.6) is 5.75 Å². The summed E-state index contributed by atoms with van der Waals surface area (Å²) in [6.07, 6.45) is 0. The fourth-order valence-electron chi connectivity index (χ4n) is 2.67. The lowest BCUT2D eigenvalue weighted by atomic mass is 9.88. The van der Waals surface area contributed by atoms with Gasteiger partial charge in [-0.15, -0.1) is 0 Å². The average molecular weight is 352 g/mol. The fourth-order valence-corrected chi connectivity index (χ4v) is 2.97. The molecule has 0 radical (unpaired) electrons. The van der Waals surface area contributed by atoms with Gasteiger partial charge in [0.15, 0.2) is 11.4 Å². The topological polar surface area (TPSA) is 21.3 Å². The standard InChI is InChI=1S/C18H16ClF2NO.CH4/c1-18(2)17(21)15(10-4-6-11(20)7-5-10)16-13(19)8-12(22-3)9-14(16)23-18;/h4-9,22H,1-3H3;1H4. The summed E-state index contributed by atoms with van der Waals surface area (Å²) in [5.74, 6) is -0.318. The molecule has 0 fully saturated rings. The Kier molecular flexibility index (Phi) is 4.90. The van der Waals surface area contributed by atoms with E-state index in [2.05, 4.69) is 5.32 Å². The van der Waals surface area contributed by atoms with Crippen LogP contribution in [-0.2, 0) is 0 Å². The van der Waals surface area contributed by atoms with Crippen LogP contribution >= 0.6 is 11.6 Å². The van der Waals surface area contributed by atoms with E-state index in [0.717, 1.165) is 5.69 Å². The van der Waals surface area contributed by atoms with Crippen LogP contribution in [0.4, 0.5) is 14.5 Å². The fraction of sp³-hybridized carbons (Fsp3) is 0.263. The van der Waals surface area contributed by atoms with Gasteiger partial charge in [0.1, 0.15) is 11.6 Å². The zero-order valence-electron chi connectivity index (χ0n) is 13.0. The number of nitrogens with one attached hydrogen (secondary N) is 1. The minimum absolute atomic E-state index is 0. The Morgan fingerprint density at radius 2 is 1.71 bits per heavy atom. The van der Waals surface area contributed by atoms with E-state index in [0.29, 0.717) is 27.5 Å². The van der Waals surface area contributed by atoms with Gasteiger partial charge in [0, 0.05) is 29.9 Å². The van der Waals surface area contributed by atoms with Crippen molar-refractivity contribution in [3.63, 3.8) is 0 Å². The number of hydrogen-bond acceptors (Lipinski definition) is 2. The molecule has 0 amide bonds. The van der Waals surface area contributed by atoms with Gasteiger partial charge in [0.05, 0.1) is 5.02 Å². The van der Waals surface area contributed by atoms with Crippen LogP contribution in [0.25, 0.3) is 5.57 Å². The predicted octanol–water partition coefficient (Wildman–Crippen LogP) is 6.06. The molecule has 2 nitrogen and oxygen atoms in total. The number of benzene rings is 2. The second-order valence-electron chi connectivity index (χ2n) is 5.89. The molecule has 1 aliphatic heterocycles. The Bertz CT molecular complexity index is 798. The Balaban J connectivity index is 0.00000208. The Hall–Kier alpha value is -2.07. The van der Waals surface area contributed by atoms with E-state index in [1.54, 1.807) is 33.0 Å². The highest BCUT2D eigenvalue weighted by Crippen LogP contribution is 2.48. The van der Waals surface area contributed by atoms with Crippen LogP contribution in [0.3, 0.4) is 0 Å². The van der Waals surface area contributed by atoms with Gasteiger partial charge in [-0.2, -0.15) is 0 Å². The van der Waals surface area contributed by atoms with E-state index in [1.165, 1.54) is 24.3 Å². The van der Waals surface area contributed by atoms with Crippen LogP contribution in [0.15, 0.2) is 42.2 Å². The molecule has 0 spiro atoms. The lowest BCUT2D eigenvalue weighted by Gasteiger charge is -2.34. The third-order valence-electron chi connectivity index (χ3n) is 3.84. The van der Waals surface area contributed by atoms with Gasteiger partial charge in [0.2, 0.25) is 0 Å². The first-order valence-corrected chi connectivity index (χ1v) is 7.58. The summed E-state index contributed by atoms with van der Waals surface area (Å²) in [4.78, 5) is 0. The number of ether oxygens (including phenoxy) is 1. The number of halogens is 3. The third-order valence-corrected chi connectivity index (χ3v) is 4.14. The Morgan fingerprint density at radius 3 is 2.29 bits per heavy atom. The van der Waals surface area contributed by atoms with Crippen molar-refractivity contribution in [1.82, 2.24) is 0 Å². The molecule has 0 unspecified atom stereocenters. The maximum atomic E-state index is 15.0. The second kappa shape index (κ2) is 6.44. The van der Waals surface area contributed by atoms with Gasteiger partial charge < -0.3 is 10.1 Å². The van der Waals surface area contributed by atoms with Crippen LogP contribution in [-0.4, -0.2) is 12.6 Å². The van der Waals surface area contributed by atoms with Gasteiger partial charge >= 0.3 is 0 Å². The van der Waals surface area contributed by atoms with Crippen molar-refractivity contribution < 1.29 is 13.5 Å². The average Bonchev–Trinajstić information content (AvgIpc) is 2.49. The molecule has 0 aromatic heterocycles. The summed E-state index contributed by atoms with van der Waals surface area (Å²) in [6.45, 7) is 3.30. The van der Waals surface area contributed by atoms with Crippen molar-refractivity contribution in [3.8, 4) is 5.75 Å². The van der Waals surface area contributed by atoms with Crippen molar-refractivity contribution in [2.45, 2.75) is 26.9 Å². The zero-order chi connectivity index (χ0) is 16.8. The lowest BCUT2D eigenvalue weighted by Crippen LogP contribution is -2.33. The second-order valence-corrected chi connectivity index (χ2v) is 6.30. The van der Waals surface area contributed by atoms with Gasteiger partial charge in [-0.05, 0) is 37.6 Å². The number of fused-ring (bicyclic) bond motifs is 1. The van der Waals surface area contributed by atoms with Gasteiger partial charge in [-0.1, -0.05) is 31.2 Å². The van der Waals surface area contributed by atoms with E-state index < -0.39 is 11.4 Å². The number of hydrogen-bond donors (Lipinski definition) is 1. The summed E-state index contributed by atoms with van der Waals surface area (Å²) < 4.78 is 34.0. The van der Waals surface area contributed by atoms with Crippen LogP contribution < -0.4 is 10.1 Å². The van der Waals surface area contributed by atoms with E-state index in [1.807, 2.05) is 0 Å². The molecular weight excluding hydrogens is 332 g/mol. The summed E-state index contributed by atoms with van der Waals surface area (Å²) >= 11 is 6.37. The van der Waals surface area contributed by atoms with Crippen molar-refractivity contribution >= 4 is 22.9 Å². The van der Waals surface area contributed by atoms with Crippen LogP contribution in [0, 0.1) is 5.82 Å². The predicted molar refractivity (Wildman–Crippen MR) is 96.0 cm³/mol.